The van der Waals surface area contributed by atoms with Gasteiger partial charge in [0.05, 0.1) is 0 Å². The third kappa shape index (κ3) is 1.51. The molecule has 1 aliphatic heterocycles. The summed E-state index contributed by atoms with van der Waals surface area (Å²) >= 11 is 0. The minimum atomic E-state index is 0.265. The Morgan fingerprint density at radius 1 is 1.19 bits per heavy atom. The molecular formula is C11H17N5. The molecule has 0 bridgehead atoms. The van der Waals surface area contributed by atoms with E-state index in [-0.39, 0.29) is 5.95 Å². The second-order valence-corrected chi connectivity index (χ2v) is 4.92. The SMILES string of the molecule is Nc1ncc(C2CC3CNCC3C2)c(N)n1. The second kappa shape index (κ2) is 3.59. The number of rotatable bonds is 1. The van der Waals surface area contributed by atoms with E-state index in [1.807, 2.05) is 0 Å². The Morgan fingerprint density at radius 2 is 1.88 bits per heavy atom. The summed E-state index contributed by atoms with van der Waals surface area (Å²) in [4.78, 5) is 8.09. The van der Waals surface area contributed by atoms with Crippen LogP contribution in [0.3, 0.4) is 0 Å². The molecule has 0 radical (unpaired) electrons. The van der Waals surface area contributed by atoms with Crippen LogP contribution in [0.15, 0.2) is 6.20 Å². The van der Waals surface area contributed by atoms with Crippen LogP contribution in [0.2, 0.25) is 0 Å². The quantitative estimate of drug-likeness (QED) is 0.634. The fraction of sp³-hybridized carbons (Fsp3) is 0.636. The highest BCUT2D eigenvalue weighted by Crippen LogP contribution is 2.44. The average Bonchev–Trinajstić information content (AvgIpc) is 2.76. The number of aromatic nitrogens is 2. The summed E-state index contributed by atoms with van der Waals surface area (Å²) < 4.78 is 0. The van der Waals surface area contributed by atoms with Crippen LogP contribution >= 0.6 is 0 Å². The van der Waals surface area contributed by atoms with Crippen molar-refractivity contribution in [3.63, 3.8) is 0 Å². The zero-order valence-corrected chi connectivity index (χ0v) is 9.19. The van der Waals surface area contributed by atoms with Crippen molar-refractivity contribution >= 4 is 11.8 Å². The molecule has 2 fully saturated rings. The lowest BCUT2D eigenvalue weighted by atomic mass is 9.98. The molecule has 2 unspecified atom stereocenters. The molecule has 5 heteroatoms. The summed E-state index contributed by atoms with van der Waals surface area (Å²) in [6, 6.07) is 0. The van der Waals surface area contributed by atoms with Gasteiger partial charge in [-0.05, 0) is 43.7 Å². The minimum absolute atomic E-state index is 0.265. The maximum Gasteiger partial charge on any atom is 0.221 e. The maximum absolute atomic E-state index is 5.90. The first kappa shape index (κ1) is 9.84. The molecule has 5 N–H and O–H groups in total. The van der Waals surface area contributed by atoms with Gasteiger partial charge in [-0.1, -0.05) is 0 Å². The minimum Gasteiger partial charge on any atom is -0.383 e. The predicted octanol–water partition coefficient (Wildman–Crippen LogP) is 0.354. The molecule has 16 heavy (non-hydrogen) atoms. The van der Waals surface area contributed by atoms with Crippen molar-refractivity contribution in [1.82, 2.24) is 15.3 Å². The first-order valence-electron chi connectivity index (χ1n) is 5.82. The summed E-state index contributed by atoms with van der Waals surface area (Å²) in [7, 11) is 0. The van der Waals surface area contributed by atoms with Crippen molar-refractivity contribution in [3.8, 4) is 0 Å². The van der Waals surface area contributed by atoms with Crippen LogP contribution in [-0.2, 0) is 0 Å². The number of nitrogen functional groups attached to an aromatic ring is 2. The van der Waals surface area contributed by atoms with Gasteiger partial charge in [-0.3, -0.25) is 0 Å². The number of anilines is 2. The first-order chi connectivity index (χ1) is 7.74. The normalized spacial score (nSPS) is 32.9. The molecular weight excluding hydrogens is 202 g/mol. The molecule has 1 saturated carbocycles. The van der Waals surface area contributed by atoms with E-state index < -0.39 is 0 Å². The Hall–Kier alpha value is -1.36. The lowest BCUT2D eigenvalue weighted by Crippen LogP contribution is -2.12. The second-order valence-electron chi connectivity index (χ2n) is 4.92. The van der Waals surface area contributed by atoms with Gasteiger partial charge in [0.25, 0.3) is 0 Å². The lowest BCUT2D eigenvalue weighted by molar-refractivity contribution is 0.494. The van der Waals surface area contributed by atoms with E-state index in [9.17, 15) is 0 Å². The van der Waals surface area contributed by atoms with Crippen LogP contribution in [0.1, 0.15) is 24.3 Å². The molecule has 86 valence electrons. The first-order valence-corrected chi connectivity index (χ1v) is 5.82. The molecule has 2 aliphatic rings. The number of nitrogens with one attached hydrogen (secondary N) is 1. The van der Waals surface area contributed by atoms with Gasteiger partial charge in [0.15, 0.2) is 0 Å². The number of hydrogen-bond donors (Lipinski definition) is 3. The standard InChI is InChI=1S/C11H17N5/c12-10-9(5-15-11(13)16-10)6-1-7-3-14-4-8(7)2-6/h5-8,14H,1-4H2,(H4,12,13,15,16). The molecule has 3 rings (SSSR count). The van der Waals surface area contributed by atoms with Gasteiger partial charge in [0.1, 0.15) is 5.82 Å². The van der Waals surface area contributed by atoms with E-state index in [4.69, 9.17) is 11.5 Å². The van der Waals surface area contributed by atoms with Gasteiger partial charge in [0, 0.05) is 11.8 Å². The third-order valence-corrected chi connectivity index (χ3v) is 3.96. The van der Waals surface area contributed by atoms with Gasteiger partial charge >= 0.3 is 0 Å². The van der Waals surface area contributed by atoms with E-state index >= 15 is 0 Å². The fourth-order valence-electron chi connectivity index (χ4n) is 3.15. The molecule has 0 spiro atoms. The van der Waals surface area contributed by atoms with E-state index in [0.717, 1.165) is 30.5 Å². The van der Waals surface area contributed by atoms with Crippen molar-refractivity contribution in [2.75, 3.05) is 24.6 Å². The molecule has 1 aromatic rings. The zero-order chi connectivity index (χ0) is 11.1. The van der Waals surface area contributed by atoms with Gasteiger partial charge < -0.3 is 16.8 Å². The number of nitrogens with two attached hydrogens (primary N) is 2. The Balaban J connectivity index is 1.83. The van der Waals surface area contributed by atoms with Crippen LogP contribution in [0.5, 0.6) is 0 Å². The molecule has 5 nitrogen and oxygen atoms in total. The van der Waals surface area contributed by atoms with Crippen LogP contribution in [-0.4, -0.2) is 23.1 Å². The topological polar surface area (TPSA) is 89.8 Å². The smallest absolute Gasteiger partial charge is 0.221 e. The predicted molar refractivity (Wildman–Crippen MR) is 62.7 cm³/mol. The lowest BCUT2D eigenvalue weighted by Gasteiger charge is -2.13. The van der Waals surface area contributed by atoms with Gasteiger partial charge in [0.2, 0.25) is 5.95 Å². The highest BCUT2D eigenvalue weighted by atomic mass is 15.0. The summed E-state index contributed by atoms with van der Waals surface area (Å²) in [6.45, 7) is 2.30. The van der Waals surface area contributed by atoms with Crippen molar-refractivity contribution in [1.29, 1.82) is 0 Å². The Labute approximate surface area is 94.6 Å². The molecule has 1 aliphatic carbocycles. The number of nitrogens with zero attached hydrogens (tertiary/aromatic N) is 2. The molecule has 2 heterocycles. The number of fused-ring (bicyclic) bond motifs is 1. The zero-order valence-electron chi connectivity index (χ0n) is 9.19. The average molecular weight is 219 g/mol. The maximum atomic E-state index is 5.90. The highest BCUT2D eigenvalue weighted by Gasteiger charge is 2.38. The summed E-state index contributed by atoms with van der Waals surface area (Å²) in [6.07, 6.45) is 4.21. The van der Waals surface area contributed by atoms with Crippen molar-refractivity contribution in [2.45, 2.75) is 18.8 Å². The number of hydrogen-bond acceptors (Lipinski definition) is 5. The van der Waals surface area contributed by atoms with Crippen LogP contribution in [0.25, 0.3) is 0 Å². The highest BCUT2D eigenvalue weighted by molar-refractivity contribution is 5.44. The van der Waals surface area contributed by atoms with E-state index in [0.29, 0.717) is 11.7 Å². The largest absolute Gasteiger partial charge is 0.383 e. The van der Waals surface area contributed by atoms with Crippen LogP contribution < -0.4 is 16.8 Å². The summed E-state index contributed by atoms with van der Waals surface area (Å²) in [5, 5.41) is 3.44. The third-order valence-electron chi connectivity index (χ3n) is 3.96. The van der Waals surface area contributed by atoms with Crippen molar-refractivity contribution in [2.24, 2.45) is 11.8 Å². The van der Waals surface area contributed by atoms with Gasteiger partial charge in [-0.15, -0.1) is 0 Å². The molecule has 2 atom stereocenters. The van der Waals surface area contributed by atoms with E-state index in [1.54, 1.807) is 6.20 Å². The molecule has 0 aromatic carbocycles. The van der Waals surface area contributed by atoms with Crippen molar-refractivity contribution < 1.29 is 0 Å². The Bertz CT molecular complexity index is 393. The summed E-state index contributed by atoms with van der Waals surface area (Å²) in [5.41, 5.74) is 12.5. The van der Waals surface area contributed by atoms with Gasteiger partial charge in [-0.2, -0.15) is 4.98 Å². The van der Waals surface area contributed by atoms with Gasteiger partial charge in [-0.25, -0.2) is 4.98 Å². The molecule has 0 amide bonds. The van der Waals surface area contributed by atoms with Crippen LogP contribution in [0, 0.1) is 11.8 Å². The Morgan fingerprint density at radius 3 is 2.50 bits per heavy atom. The van der Waals surface area contributed by atoms with E-state index in [1.165, 1.54) is 12.8 Å². The summed E-state index contributed by atoms with van der Waals surface area (Å²) in [5.74, 6) is 2.97. The molecule has 1 saturated heterocycles. The van der Waals surface area contributed by atoms with Crippen LogP contribution in [0.4, 0.5) is 11.8 Å². The molecule has 1 aromatic heterocycles. The monoisotopic (exact) mass is 219 g/mol. The van der Waals surface area contributed by atoms with Crippen molar-refractivity contribution in [3.05, 3.63) is 11.8 Å². The Kier molecular flexibility index (Phi) is 2.21. The fourth-order valence-corrected chi connectivity index (χ4v) is 3.15. The van der Waals surface area contributed by atoms with E-state index in [2.05, 4.69) is 15.3 Å².